The number of nitrogens with two attached hydrogens (primary N) is 1. The largest absolute Gasteiger partial charge is 0.327 e. The summed E-state index contributed by atoms with van der Waals surface area (Å²) in [6.07, 6.45) is 6.24. The first-order chi connectivity index (χ1) is 6.49. The number of hydrogen-bond donors (Lipinski definition) is 1. The molecule has 0 saturated heterocycles. The third kappa shape index (κ3) is 4.15. The second-order valence-electron chi connectivity index (χ2n) is 5.46. The van der Waals surface area contributed by atoms with E-state index in [1.165, 1.54) is 25.7 Å². The monoisotopic (exact) mass is 193 g/mol. The molecule has 2 N–H and O–H groups in total. The molecule has 0 bridgehead atoms. The van der Waals surface area contributed by atoms with Crippen LogP contribution >= 0.6 is 0 Å². The van der Waals surface area contributed by atoms with E-state index in [9.17, 15) is 0 Å². The lowest BCUT2D eigenvalue weighted by atomic mass is 9.94. The molecule has 1 fully saturated rings. The van der Waals surface area contributed by atoms with Gasteiger partial charge in [-0.3, -0.25) is 0 Å². The van der Waals surface area contributed by atoms with Crippen LogP contribution in [0, 0.1) is 23.2 Å². The zero-order chi connectivity index (χ0) is 10.6. The molecule has 1 nitrogen and oxygen atoms in total. The minimum absolute atomic E-state index is 0.120. The third-order valence-electron chi connectivity index (χ3n) is 2.81. The summed E-state index contributed by atoms with van der Waals surface area (Å²) in [5.74, 6) is 7.21. The van der Waals surface area contributed by atoms with Crippen LogP contribution < -0.4 is 5.73 Å². The van der Waals surface area contributed by atoms with E-state index in [2.05, 4.69) is 32.6 Å². The van der Waals surface area contributed by atoms with Crippen molar-refractivity contribution in [3.8, 4) is 11.8 Å². The standard InChI is InChI=1S/C13H23N/c1-13(2,3)10-6-9-12(14)11-7-4-5-8-11/h11-12H,4-5,7-9,14H2,1-3H3. The van der Waals surface area contributed by atoms with Crippen molar-refractivity contribution in [1.29, 1.82) is 0 Å². The van der Waals surface area contributed by atoms with Crippen LogP contribution in [0.3, 0.4) is 0 Å². The van der Waals surface area contributed by atoms with Crippen LogP contribution in [-0.4, -0.2) is 6.04 Å². The Bertz CT molecular complexity index is 220. The van der Waals surface area contributed by atoms with E-state index < -0.39 is 0 Å². The van der Waals surface area contributed by atoms with E-state index in [1.54, 1.807) is 0 Å². The van der Waals surface area contributed by atoms with Gasteiger partial charge in [0, 0.05) is 17.9 Å². The van der Waals surface area contributed by atoms with Crippen LogP contribution in [0.2, 0.25) is 0 Å². The van der Waals surface area contributed by atoms with Gasteiger partial charge < -0.3 is 5.73 Å². The summed E-state index contributed by atoms with van der Waals surface area (Å²) >= 11 is 0. The molecule has 0 heterocycles. The SMILES string of the molecule is CC(C)(C)C#CCC(N)C1CCCC1. The van der Waals surface area contributed by atoms with Crippen molar-refractivity contribution in [3.63, 3.8) is 0 Å². The molecule has 1 atom stereocenters. The van der Waals surface area contributed by atoms with E-state index in [0.717, 1.165) is 12.3 Å². The smallest absolute Gasteiger partial charge is 0.0244 e. The highest BCUT2D eigenvalue weighted by Crippen LogP contribution is 2.27. The third-order valence-corrected chi connectivity index (χ3v) is 2.81. The molecule has 1 aliphatic rings. The molecule has 0 radical (unpaired) electrons. The topological polar surface area (TPSA) is 26.0 Å². The molecule has 1 saturated carbocycles. The Hall–Kier alpha value is -0.480. The van der Waals surface area contributed by atoms with Gasteiger partial charge in [-0.2, -0.15) is 0 Å². The fourth-order valence-electron chi connectivity index (χ4n) is 1.99. The van der Waals surface area contributed by atoms with Gasteiger partial charge in [0.05, 0.1) is 0 Å². The van der Waals surface area contributed by atoms with Crippen LogP contribution in [0.15, 0.2) is 0 Å². The van der Waals surface area contributed by atoms with Crippen molar-refractivity contribution in [2.75, 3.05) is 0 Å². The number of hydrogen-bond acceptors (Lipinski definition) is 1. The molecular weight excluding hydrogens is 170 g/mol. The summed E-state index contributed by atoms with van der Waals surface area (Å²) in [5, 5.41) is 0. The molecule has 1 heteroatoms. The lowest BCUT2D eigenvalue weighted by Crippen LogP contribution is -2.27. The minimum Gasteiger partial charge on any atom is -0.327 e. The van der Waals surface area contributed by atoms with E-state index in [-0.39, 0.29) is 5.41 Å². The summed E-state index contributed by atoms with van der Waals surface area (Å²) in [7, 11) is 0. The summed E-state index contributed by atoms with van der Waals surface area (Å²) in [4.78, 5) is 0. The normalized spacial score (nSPS) is 20.3. The average Bonchev–Trinajstić information content (AvgIpc) is 2.53. The lowest BCUT2D eigenvalue weighted by Gasteiger charge is -2.16. The summed E-state index contributed by atoms with van der Waals surface area (Å²) in [6.45, 7) is 6.42. The second-order valence-corrected chi connectivity index (χ2v) is 5.46. The maximum absolute atomic E-state index is 6.11. The average molecular weight is 193 g/mol. The maximum atomic E-state index is 6.11. The Morgan fingerprint density at radius 3 is 2.36 bits per heavy atom. The van der Waals surface area contributed by atoms with Gasteiger partial charge in [-0.05, 0) is 39.5 Å². The van der Waals surface area contributed by atoms with Crippen molar-refractivity contribution in [3.05, 3.63) is 0 Å². The predicted octanol–water partition coefficient (Wildman–Crippen LogP) is 2.94. The second kappa shape index (κ2) is 4.84. The van der Waals surface area contributed by atoms with E-state index >= 15 is 0 Å². The van der Waals surface area contributed by atoms with Crippen LogP contribution in [0.25, 0.3) is 0 Å². The summed E-state index contributed by atoms with van der Waals surface area (Å²) in [5.41, 5.74) is 6.23. The van der Waals surface area contributed by atoms with Crippen LogP contribution in [-0.2, 0) is 0 Å². The van der Waals surface area contributed by atoms with Gasteiger partial charge >= 0.3 is 0 Å². The van der Waals surface area contributed by atoms with Gasteiger partial charge in [0.2, 0.25) is 0 Å². The molecule has 1 unspecified atom stereocenters. The molecule has 0 aromatic carbocycles. The van der Waals surface area contributed by atoms with Crippen LogP contribution in [0.1, 0.15) is 52.9 Å². The first-order valence-electron chi connectivity index (χ1n) is 5.74. The van der Waals surface area contributed by atoms with Crippen molar-refractivity contribution < 1.29 is 0 Å². The van der Waals surface area contributed by atoms with Gasteiger partial charge in [-0.1, -0.05) is 18.8 Å². The Morgan fingerprint density at radius 2 is 1.86 bits per heavy atom. The predicted molar refractivity (Wildman–Crippen MR) is 61.8 cm³/mol. The Morgan fingerprint density at radius 1 is 1.29 bits per heavy atom. The van der Waals surface area contributed by atoms with Gasteiger partial charge in [-0.25, -0.2) is 0 Å². The first kappa shape index (κ1) is 11.6. The highest BCUT2D eigenvalue weighted by molar-refractivity contribution is 5.08. The summed E-state index contributed by atoms with van der Waals surface area (Å²) in [6, 6.07) is 0.312. The van der Waals surface area contributed by atoms with E-state index in [0.29, 0.717) is 6.04 Å². The van der Waals surface area contributed by atoms with Crippen molar-refractivity contribution in [2.24, 2.45) is 17.1 Å². The molecule has 0 aliphatic heterocycles. The van der Waals surface area contributed by atoms with Crippen molar-refractivity contribution in [1.82, 2.24) is 0 Å². The summed E-state index contributed by atoms with van der Waals surface area (Å²) < 4.78 is 0. The molecule has 80 valence electrons. The molecule has 1 rings (SSSR count). The van der Waals surface area contributed by atoms with Gasteiger partial charge in [0.25, 0.3) is 0 Å². The lowest BCUT2D eigenvalue weighted by molar-refractivity contribution is 0.437. The minimum atomic E-state index is 0.120. The molecule has 0 aromatic heterocycles. The van der Waals surface area contributed by atoms with E-state index in [4.69, 9.17) is 5.73 Å². The molecule has 0 amide bonds. The zero-order valence-electron chi connectivity index (χ0n) is 9.77. The zero-order valence-corrected chi connectivity index (χ0v) is 9.77. The Kier molecular flexibility index (Phi) is 4.01. The van der Waals surface area contributed by atoms with E-state index in [1.807, 2.05) is 0 Å². The molecule has 14 heavy (non-hydrogen) atoms. The van der Waals surface area contributed by atoms with Gasteiger partial charge in [0.15, 0.2) is 0 Å². The van der Waals surface area contributed by atoms with Crippen LogP contribution in [0.5, 0.6) is 0 Å². The first-order valence-corrected chi connectivity index (χ1v) is 5.74. The van der Waals surface area contributed by atoms with Crippen molar-refractivity contribution in [2.45, 2.75) is 58.9 Å². The highest BCUT2D eigenvalue weighted by atomic mass is 14.6. The Balaban J connectivity index is 2.32. The quantitative estimate of drug-likeness (QED) is 0.670. The molecule has 1 aliphatic carbocycles. The maximum Gasteiger partial charge on any atom is 0.0244 e. The van der Waals surface area contributed by atoms with Gasteiger partial charge in [-0.15, -0.1) is 5.92 Å². The fraction of sp³-hybridized carbons (Fsp3) is 0.846. The van der Waals surface area contributed by atoms with Crippen molar-refractivity contribution >= 4 is 0 Å². The fourth-order valence-corrected chi connectivity index (χ4v) is 1.99. The number of rotatable bonds is 2. The van der Waals surface area contributed by atoms with Gasteiger partial charge in [0.1, 0.15) is 0 Å². The molecule has 0 spiro atoms. The molecular formula is C13H23N. The highest BCUT2D eigenvalue weighted by Gasteiger charge is 2.20. The Labute approximate surface area is 88.5 Å². The molecule has 0 aromatic rings. The van der Waals surface area contributed by atoms with Crippen LogP contribution in [0.4, 0.5) is 0 Å².